The van der Waals surface area contributed by atoms with Crippen molar-refractivity contribution in [3.63, 3.8) is 0 Å². The van der Waals surface area contributed by atoms with Crippen molar-refractivity contribution in [3.05, 3.63) is 20.8 Å². The Labute approximate surface area is 139 Å². The van der Waals surface area contributed by atoms with Crippen molar-refractivity contribution in [2.75, 3.05) is 5.43 Å². The van der Waals surface area contributed by atoms with Crippen LogP contribution >= 0.6 is 11.3 Å². The van der Waals surface area contributed by atoms with Crippen LogP contribution in [0.25, 0.3) is 10.2 Å². The summed E-state index contributed by atoms with van der Waals surface area (Å²) in [5, 5.41) is 4.98. The van der Waals surface area contributed by atoms with E-state index >= 15 is 0 Å². The fourth-order valence-corrected chi connectivity index (χ4v) is 3.69. The molecule has 0 amide bonds. The number of thiophene rings is 1. The predicted molar refractivity (Wildman–Crippen MR) is 94.5 cm³/mol. The van der Waals surface area contributed by atoms with E-state index in [-0.39, 0.29) is 11.2 Å². The number of hydrazone groups is 1. The normalized spacial score (nSPS) is 17.3. The third-order valence-electron chi connectivity index (χ3n) is 4.17. The Morgan fingerprint density at radius 1 is 1.52 bits per heavy atom. The van der Waals surface area contributed by atoms with Crippen LogP contribution in [0.15, 0.2) is 9.90 Å². The highest BCUT2D eigenvalue weighted by Gasteiger charge is 2.31. The van der Waals surface area contributed by atoms with Crippen molar-refractivity contribution in [3.8, 4) is 0 Å². The molecule has 2 aromatic heterocycles. The van der Waals surface area contributed by atoms with Crippen LogP contribution in [-0.4, -0.2) is 20.9 Å². The van der Waals surface area contributed by atoms with Gasteiger partial charge in [0.05, 0.1) is 17.6 Å². The lowest BCUT2D eigenvalue weighted by molar-refractivity contribution is -0.0379. The number of hydrogen-bond donors (Lipinski definition) is 1. The number of anilines is 1. The Hall–Kier alpha value is -1.73. The maximum absolute atomic E-state index is 12.8. The summed E-state index contributed by atoms with van der Waals surface area (Å²) < 4.78 is 7.38. The number of aromatic nitrogens is 2. The fourth-order valence-electron chi connectivity index (χ4n) is 2.60. The van der Waals surface area contributed by atoms with E-state index in [0.717, 1.165) is 39.2 Å². The first kappa shape index (κ1) is 16.1. The lowest BCUT2D eigenvalue weighted by Crippen LogP contribution is -2.32. The summed E-state index contributed by atoms with van der Waals surface area (Å²) in [6.07, 6.45) is 1.59. The SMILES string of the molecule is CC/C(C)=N\Nc1nc2sc3c(c2c(=O)n1C)CC(C)(C)OC3. The van der Waals surface area contributed by atoms with Gasteiger partial charge in [0, 0.05) is 24.1 Å². The second-order valence-electron chi connectivity index (χ2n) is 6.52. The third kappa shape index (κ3) is 2.90. The van der Waals surface area contributed by atoms with Crippen molar-refractivity contribution >= 4 is 33.2 Å². The van der Waals surface area contributed by atoms with Gasteiger partial charge in [-0.1, -0.05) is 6.92 Å². The first-order chi connectivity index (χ1) is 10.8. The highest BCUT2D eigenvalue weighted by molar-refractivity contribution is 7.18. The summed E-state index contributed by atoms with van der Waals surface area (Å²) in [7, 11) is 1.72. The molecular formula is C16H22N4O2S. The first-order valence-electron chi connectivity index (χ1n) is 7.77. The van der Waals surface area contributed by atoms with E-state index in [9.17, 15) is 4.79 Å². The maximum atomic E-state index is 12.8. The van der Waals surface area contributed by atoms with Gasteiger partial charge < -0.3 is 4.74 Å². The third-order valence-corrected chi connectivity index (χ3v) is 5.27. The molecule has 1 aliphatic heterocycles. The van der Waals surface area contributed by atoms with Crippen molar-refractivity contribution < 1.29 is 4.74 Å². The van der Waals surface area contributed by atoms with Crippen molar-refractivity contribution in [2.24, 2.45) is 12.1 Å². The average molecular weight is 334 g/mol. The molecular weight excluding hydrogens is 312 g/mol. The van der Waals surface area contributed by atoms with Gasteiger partial charge in [0.15, 0.2) is 0 Å². The molecule has 0 atom stereocenters. The van der Waals surface area contributed by atoms with Crippen LogP contribution < -0.4 is 11.0 Å². The molecule has 1 aliphatic rings. The monoisotopic (exact) mass is 334 g/mol. The number of nitrogens with zero attached hydrogens (tertiary/aromatic N) is 3. The van der Waals surface area contributed by atoms with Crippen LogP contribution in [0.1, 0.15) is 44.6 Å². The van der Waals surface area contributed by atoms with E-state index in [4.69, 9.17) is 4.74 Å². The smallest absolute Gasteiger partial charge is 0.263 e. The van der Waals surface area contributed by atoms with Gasteiger partial charge in [-0.25, -0.2) is 10.4 Å². The van der Waals surface area contributed by atoms with E-state index in [1.807, 2.05) is 13.8 Å². The first-order valence-corrected chi connectivity index (χ1v) is 8.58. The average Bonchev–Trinajstić information content (AvgIpc) is 2.85. The van der Waals surface area contributed by atoms with E-state index < -0.39 is 0 Å². The number of ether oxygens (including phenoxy) is 1. The zero-order valence-corrected chi connectivity index (χ0v) is 15.0. The fraction of sp³-hybridized carbons (Fsp3) is 0.562. The molecule has 23 heavy (non-hydrogen) atoms. The molecule has 0 fully saturated rings. The molecule has 1 N–H and O–H groups in total. The van der Waals surface area contributed by atoms with Gasteiger partial charge in [0.1, 0.15) is 4.83 Å². The lowest BCUT2D eigenvalue weighted by Gasteiger charge is -2.29. The summed E-state index contributed by atoms with van der Waals surface area (Å²) in [4.78, 5) is 19.3. The van der Waals surface area contributed by atoms with Crippen molar-refractivity contribution in [1.82, 2.24) is 9.55 Å². The van der Waals surface area contributed by atoms with Crippen molar-refractivity contribution in [1.29, 1.82) is 0 Å². The summed E-state index contributed by atoms with van der Waals surface area (Å²) in [5.74, 6) is 0.467. The van der Waals surface area contributed by atoms with Gasteiger partial charge in [-0.3, -0.25) is 9.36 Å². The van der Waals surface area contributed by atoms with E-state index in [2.05, 4.69) is 29.4 Å². The van der Waals surface area contributed by atoms with Crippen LogP contribution in [0.3, 0.4) is 0 Å². The van der Waals surface area contributed by atoms with Crippen LogP contribution in [0, 0.1) is 0 Å². The molecule has 0 radical (unpaired) electrons. The Balaban J connectivity index is 2.13. The Morgan fingerprint density at radius 3 is 2.96 bits per heavy atom. The number of rotatable bonds is 3. The highest BCUT2D eigenvalue weighted by Crippen LogP contribution is 2.37. The summed E-state index contributed by atoms with van der Waals surface area (Å²) in [6, 6.07) is 0. The van der Waals surface area contributed by atoms with Crippen LogP contribution in [0.2, 0.25) is 0 Å². The van der Waals surface area contributed by atoms with Crippen LogP contribution in [0.4, 0.5) is 5.95 Å². The Kier molecular flexibility index (Phi) is 4.01. The number of nitrogens with one attached hydrogen (secondary N) is 1. The Morgan fingerprint density at radius 2 is 2.26 bits per heavy atom. The molecule has 124 valence electrons. The predicted octanol–water partition coefficient (Wildman–Crippen LogP) is 3.04. The molecule has 0 unspecified atom stereocenters. The molecule has 7 heteroatoms. The van der Waals surface area contributed by atoms with Crippen molar-refractivity contribution in [2.45, 2.75) is 52.7 Å². The van der Waals surface area contributed by atoms with Gasteiger partial charge >= 0.3 is 0 Å². The zero-order valence-electron chi connectivity index (χ0n) is 14.2. The molecule has 0 saturated heterocycles. The zero-order chi connectivity index (χ0) is 16.8. The quantitative estimate of drug-likeness (QED) is 0.692. The summed E-state index contributed by atoms with van der Waals surface area (Å²) in [5.41, 5.74) is 4.68. The van der Waals surface area contributed by atoms with E-state index in [1.54, 1.807) is 7.05 Å². The molecule has 0 aliphatic carbocycles. The Bertz CT molecular complexity index is 848. The summed E-state index contributed by atoms with van der Waals surface area (Å²) >= 11 is 1.54. The minimum atomic E-state index is -0.245. The molecule has 0 aromatic carbocycles. The summed E-state index contributed by atoms with van der Waals surface area (Å²) in [6.45, 7) is 8.62. The van der Waals surface area contributed by atoms with Gasteiger partial charge in [-0.15, -0.1) is 11.3 Å². The van der Waals surface area contributed by atoms with Gasteiger partial charge in [0.25, 0.3) is 5.56 Å². The molecule has 0 bridgehead atoms. The molecule has 0 saturated carbocycles. The van der Waals surface area contributed by atoms with Gasteiger partial charge in [0.2, 0.25) is 5.95 Å². The standard InChI is InChI=1S/C16H22N4O2S/c1-6-9(2)18-19-15-17-13-12(14(21)20(15)5)10-7-16(3,4)22-8-11(10)23-13/h6-8H2,1-5H3,(H,17,19)/b18-9-. The largest absolute Gasteiger partial charge is 0.370 e. The minimum absolute atomic E-state index is 0.0305. The molecule has 0 spiro atoms. The minimum Gasteiger partial charge on any atom is -0.370 e. The molecule has 6 nitrogen and oxygen atoms in total. The highest BCUT2D eigenvalue weighted by atomic mass is 32.1. The molecule has 2 aromatic rings. The van der Waals surface area contributed by atoms with Crippen LogP contribution in [-0.2, 0) is 24.8 Å². The van der Waals surface area contributed by atoms with Gasteiger partial charge in [-0.2, -0.15) is 5.10 Å². The molecule has 3 heterocycles. The second-order valence-corrected chi connectivity index (χ2v) is 7.60. The number of hydrogen-bond acceptors (Lipinski definition) is 6. The van der Waals surface area contributed by atoms with E-state index in [0.29, 0.717) is 12.6 Å². The number of fused-ring (bicyclic) bond motifs is 3. The van der Waals surface area contributed by atoms with Gasteiger partial charge in [-0.05, 0) is 32.8 Å². The maximum Gasteiger partial charge on any atom is 0.263 e. The molecule has 3 rings (SSSR count). The van der Waals surface area contributed by atoms with Crippen LogP contribution in [0.5, 0.6) is 0 Å². The lowest BCUT2D eigenvalue weighted by atomic mass is 9.94. The topological polar surface area (TPSA) is 68.5 Å². The van der Waals surface area contributed by atoms with E-state index in [1.165, 1.54) is 15.9 Å². The second kappa shape index (κ2) is 5.72.